The second-order valence-electron chi connectivity index (χ2n) is 6.06. The van der Waals surface area contributed by atoms with E-state index in [4.69, 9.17) is 9.47 Å². The van der Waals surface area contributed by atoms with E-state index in [2.05, 4.69) is 5.32 Å². The monoisotopic (exact) mass is 374 g/mol. The molecule has 3 rings (SSSR count). The van der Waals surface area contributed by atoms with Crippen LogP contribution < -0.4 is 14.8 Å². The first-order valence-electron chi connectivity index (χ1n) is 8.57. The summed E-state index contributed by atoms with van der Waals surface area (Å²) in [6, 6.07) is 9.36. The highest BCUT2D eigenvalue weighted by molar-refractivity contribution is 7.12. The molecule has 0 saturated carbocycles. The maximum absolute atomic E-state index is 12.3. The third-order valence-corrected chi connectivity index (χ3v) is 4.92. The van der Waals surface area contributed by atoms with E-state index in [1.807, 2.05) is 29.6 Å². The Labute approximate surface area is 156 Å². The molecule has 2 heterocycles. The summed E-state index contributed by atoms with van der Waals surface area (Å²) in [5, 5.41) is 4.70. The van der Waals surface area contributed by atoms with Crippen LogP contribution in [0.2, 0.25) is 0 Å². The van der Waals surface area contributed by atoms with Gasteiger partial charge < -0.3 is 19.7 Å². The molecule has 1 aliphatic heterocycles. The minimum Gasteiger partial charge on any atom is -0.486 e. The zero-order chi connectivity index (χ0) is 18.4. The smallest absolute Gasteiger partial charge is 0.261 e. The van der Waals surface area contributed by atoms with Gasteiger partial charge in [-0.05, 0) is 35.6 Å². The highest BCUT2D eigenvalue weighted by Gasteiger charge is 2.14. The first-order valence-corrected chi connectivity index (χ1v) is 9.45. The van der Waals surface area contributed by atoms with E-state index in [0.29, 0.717) is 44.0 Å². The van der Waals surface area contributed by atoms with E-state index < -0.39 is 0 Å². The third-order valence-electron chi connectivity index (χ3n) is 4.05. The number of benzene rings is 1. The van der Waals surface area contributed by atoms with E-state index in [-0.39, 0.29) is 11.8 Å². The maximum atomic E-state index is 12.3. The van der Waals surface area contributed by atoms with Gasteiger partial charge in [-0.25, -0.2) is 0 Å². The van der Waals surface area contributed by atoms with Crippen LogP contribution in [0.15, 0.2) is 35.7 Å². The Kier molecular flexibility index (Phi) is 6.12. The summed E-state index contributed by atoms with van der Waals surface area (Å²) < 4.78 is 11.1. The van der Waals surface area contributed by atoms with Gasteiger partial charge in [0.25, 0.3) is 5.91 Å². The van der Waals surface area contributed by atoms with Crippen LogP contribution in [0.5, 0.6) is 11.5 Å². The molecular weight excluding hydrogens is 352 g/mol. The van der Waals surface area contributed by atoms with Crippen molar-refractivity contribution in [2.24, 2.45) is 0 Å². The van der Waals surface area contributed by atoms with Crippen LogP contribution in [0.25, 0.3) is 0 Å². The fourth-order valence-electron chi connectivity index (χ4n) is 2.68. The normalized spacial score (nSPS) is 12.5. The SMILES string of the molecule is CN(Cc1ccc2c(c1)OCCO2)C(=O)CCCNC(=O)c1cccs1. The fraction of sp³-hybridized carbons (Fsp3) is 0.368. The molecule has 1 N–H and O–H groups in total. The highest BCUT2D eigenvalue weighted by atomic mass is 32.1. The number of hydrogen-bond donors (Lipinski definition) is 1. The van der Waals surface area contributed by atoms with Crippen LogP contribution >= 0.6 is 11.3 Å². The number of fused-ring (bicyclic) bond motifs is 1. The number of carbonyl (C=O) groups is 2. The van der Waals surface area contributed by atoms with Crippen LogP contribution in [-0.4, -0.2) is 43.5 Å². The van der Waals surface area contributed by atoms with Gasteiger partial charge in [0, 0.05) is 26.6 Å². The Morgan fingerprint density at radius 2 is 2.00 bits per heavy atom. The van der Waals surface area contributed by atoms with Crippen molar-refractivity contribution in [1.29, 1.82) is 0 Å². The Morgan fingerprint density at radius 3 is 2.77 bits per heavy atom. The van der Waals surface area contributed by atoms with Crippen molar-refractivity contribution in [3.63, 3.8) is 0 Å². The summed E-state index contributed by atoms with van der Waals surface area (Å²) in [6.07, 6.45) is 1.01. The van der Waals surface area contributed by atoms with E-state index in [9.17, 15) is 9.59 Å². The number of carbonyl (C=O) groups excluding carboxylic acids is 2. The van der Waals surface area contributed by atoms with Crippen molar-refractivity contribution in [3.8, 4) is 11.5 Å². The van der Waals surface area contributed by atoms with Gasteiger partial charge in [-0.2, -0.15) is 0 Å². The minimum absolute atomic E-state index is 0.0465. The number of hydrogen-bond acceptors (Lipinski definition) is 5. The average molecular weight is 374 g/mol. The summed E-state index contributed by atoms with van der Waals surface area (Å²) in [5.74, 6) is 1.43. The minimum atomic E-state index is -0.0860. The van der Waals surface area contributed by atoms with Gasteiger partial charge in [-0.1, -0.05) is 12.1 Å². The molecule has 7 heteroatoms. The number of nitrogens with zero attached hydrogens (tertiary/aromatic N) is 1. The molecule has 0 fully saturated rings. The molecule has 0 spiro atoms. The molecule has 0 atom stereocenters. The molecule has 2 amide bonds. The van der Waals surface area contributed by atoms with E-state index in [0.717, 1.165) is 17.1 Å². The Hall–Kier alpha value is -2.54. The van der Waals surface area contributed by atoms with Crippen molar-refractivity contribution in [1.82, 2.24) is 10.2 Å². The second kappa shape index (κ2) is 8.71. The Balaban J connectivity index is 1.41. The zero-order valence-corrected chi connectivity index (χ0v) is 15.5. The number of rotatable bonds is 7. The Bertz CT molecular complexity index is 761. The molecule has 1 aromatic carbocycles. The van der Waals surface area contributed by atoms with Crippen LogP contribution in [0.4, 0.5) is 0 Å². The number of ether oxygens (including phenoxy) is 2. The largest absolute Gasteiger partial charge is 0.486 e. The number of thiophene rings is 1. The molecule has 0 bridgehead atoms. The second-order valence-corrected chi connectivity index (χ2v) is 7.01. The molecule has 0 saturated heterocycles. The molecule has 26 heavy (non-hydrogen) atoms. The number of nitrogens with one attached hydrogen (secondary N) is 1. The van der Waals surface area contributed by atoms with Crippen LogP contribution in [-0.2, 0) is 11.3 Å². The standard InChI is InChI=1S/C19H22N2O4S/c1-21(13-14-6-7-15-16(12-14)25-10-9-24-15)18(22)5-2-8-20-19(23)17-4-3-11-26-17/h3-4,6-7,11-12H,2,5,8-10,13H2,1H3,(H,20,23). The molecule has 0 aliphatic carbocycles. The van der Waals surface area contributed by atoms with Gasteiger partial charge in [0.15, 0.2) is 11.5 Å². The maximum Gasteiger partial charge on any atom is 0.261 e. The quantitative estimate of drug-likeness (QED) is 0.757. The predicted octanol–water partition coefficient (Wildman–Crippen LogP) is 2.69. The fourth-order valence-corrected chi connectivity index (χ4v) is 3.32. The van der Waals surface area contributed by atoms with E-state index in [1.165, 1.54) is 11.3 Å². The van der Waals surface area contributed by atoms with Crippen molar-refractivity contribution in [3.05, 3.63) is 46.2 Å². The molecular formula is C19H22N2O4S. The van der Waals surface area contributed by atoms with Gasteiger partial charge in [-0.15, -0.1) is 11.3 Å². The molecule has 1 aromatic heterocycles. The summed E-state index contributed by atoms with van der Waals surface area (Å²) in [7, 11) is 1.78. The number of amides is 2. The lowest BCUT2D eigenvalue weighted by atomic mass is 10.1. The molecule has 0 unspecified atom stereocenters. The molecule has 0 radical (unpaired) electrons. The summed E-state index contributed by atoms with van der Waals surface area (Å²) in [5.41, 5.74) is 0.996. The van der Waals surface area contributed by atoms with Crippen LogP contribution in [0.3, 0.4) is 0 Å². The zero-order valence-electron chi connectivity index (χ0n) is 14.7. The average Bonchev–Trinajstić information content (AvgIpc) is 3.19. The first kappa shape index (κ1) is 18.3. The topological polar surface area (TPSA) is 67.9 Å². The van der Waals surface area contributed by atoms with E-state index in [1.54, 1.807) is 18.0 Å². The lowest BCUT2D eigenvalue weighted by Gasteiger charge is -2.21. The van der Waals surface area contributed by atoms with Gasteiger partial charge in [0.1, 0.15) is 13.2 Å². The lowest BCUT2D eigenvalue weighted by Crippen LogP contribution is -2.28. The van der Waals surface area contributed by atoms with Crippen LogP contribution in [0, 0.1) is 0 Å². The van der Waals surface area contributed by atoms with Crippen molar-refractivity contribution < 1.29 is 19.1 Å². The summed E-state index contributed by atoms with van der Waals surface area (Å²) in [6.45, 7) is 2.10. The lowest BCUT2D eigenvalue weighted by molar-refractivity contribution is -0.130. The Morgan fingerprint density at radius 1 is 1.19 bits per heavy atom. The summed E-state index contributed by atoms with van der Waals surface area (Å²) >= 11 is 1.40. The van der Waals surface area contributed by atoms with Gasteiger partial charge in [0.2, 0.25) is 5.91 Å². The predicted molar refractivity (Wildman–Crippen MR) is 99.8 cm³/mol. The first-order chi connectivity index (χ1) is 12.6. The third kappa shape index (κ3) is 4.76. The molecule has 1 aliphatic rings. The van der Waals surface area contributed by atoms with E-state index >= 15 is 0 Å². The summed E-state index contributed by atoms with van der Waals surface area (Å²) in [4.78, 5) is 26.5. The van der Waals surface area contributed by atoms with Crippen molar-refractivity contribution in [2.75, 3.05) is 26.8 Å². The molecule has 138 valence electrons. The highest BCUT2D eigenvalue weighted by Crippen LogP contribution is 2.31. The van der Waals surface area contributed by atoms with Crippen molar-refractivity contribution in [2.45, 2.75) is 19.4 Å². The molecule has 2 aromatic rings. The van der Waals surface area contributed by atoms with Gasteiger partial charge in [0.05, 0.1) is 4.88 Å². The van der Waals surface area contributed by atoms with Crippen molar-refractivity contribution >= 4 is 23.2 Å². The van der Waals surface area contributed by atoms with Crippen LogP contribution in [0.1, 0.15) is 28.1 Å². The molecule has 6 nitrogen and oxygen atoms in total. The van der Waals surface area contributed by atoms with Gasteiger partial charge in [-0.3, -0.25) is 9.59 Å². The van der Waals surface area contributed by atoms with Gasteiger partial charge >= 0.3 is 0 Å².